The minimum absolute atomic E-state index is 0.0559. The lowest BCUT2D eigenvalue weighted by Gasteiger charge is -2.17. The fraction of sp³-hybridized carbons (Fsp3) is 0.471. The molecule has 1 aliphatic rings. The number of epoxide rings is 1. The van der Waals surface area contributed by atoms with E-state index in [4.69, 9.17) is 14.2 Å². The van der Waals surface area contributed by atoms with Crippen LogP contribution < -0.4 is 0 Å². The second kappa shape index (κ2) is 7.81. The van der Waals surface area contributed by atoms with E-state index in [0.717, 1.165) is 18.2 Å². The van der Waals surface area contributed by atoms with Crippen LogP contribution in [0.4, 0.5) is 13.2 Å². The minimum atomic E-state index is -4.46. The van der Waals surface area contributed by atoms with Crippen molar-refractivity contribution < 1.29 is 32.2 Å². The summed E-state index contributed by atoms with van der Waals surface area (Å²) in [6.45, 7) is 4.60. The van der Waals surface area contributed by atoms with Gasteiger partial charge in [0.1, 0.15) is 6.10 Å². The molecule has 1 saturated heterocycles. The monoisotopic (exact) mass is 344 g/mol. The van der Waals surface area contributed by atoms with E-state index in [0.29, 0.717) is 18.8 Å². The van der Waals surface area contributed by atoms with Gasteiger partial charge in [0.2, 0.25) is 0 Å². The van der Waals surface area contributed by atoms with E-state index in [9.17, 15) is 18.0 Å². The number of rotatable bonds is 7. The van der Waals surface area contributed by atoms with Crippen LogP contribution in [-0.2, 0) is 25.2 Å². The van der Waals surface area contributed by atoms with E-state index in [1.165, 1.54) is 12.1 Å². The number of ether oxygens (including phenoxy) is 3. The van der Waals surface area contributed by atoms with E-state index >= 15 is 0 Å². The number of carbonyl (C=O) groups excluding carboxylic acids is 1. The lowest BCUT2D eigenvalue weighted by atomic mass is 9.99. The second-order valence-corrected chi connectivity index (χ2v) is 5.36. The molecule has 2 atom stereocenters. The summed E-state index contributed by atoms with van der Waals surface area (Å²) in [5.41, 5.74) is 0.0405. The standard InChI is InChI=1S/C17H19F3O4/c1-3-22-16(21)7-4-12-8-13(17(18,19)20)5-6-15(12)11(2)23-9-14-10-24-14/h4-8,11,14H,3,9-10H2,1-2H3/b7-4+/t11-,14?/m1/s1. The maximum atomic E-state index is 12.9. The molecule has 4 nitrogen and oxygen atoms in total. The Morgan fingerprint density at radius 1 is 1.46 bits per heavy atom. The Morgan fingerprint density at radius 3 is 2.75 bits per heavy atom. The van der Waals surface area contributed by atoms with Gasteiger partial charge in [-0.15, -0.1) is 0 Å². The fourth-order valence-corrected chi connectivity index (χ4v) is 2.12. The number of carbonyl (C=O) groups is 1. The molecule has 2 rings (SSSR count). The summed E-state index contributed by atoms with van der Waals surface area (Å²) in [7, 11) is 0. The Morgan fingerprint density at radius 2 is 2.17 bits per heavy atom. The van der Waals surface area contributed by atoms with Crippen LogP contribution in [0.25, 0.3) is 6.08 Å². The second-order valence-electron chi connectivity index (χ2n) is 5.36. The zero-order valence-electron chi connectivity index (χ0n) is 13.4. The molecule has 0 aliphatic carbocycles. The van der Waals surface area contributed by atoms with Gasteiger partial charge in [-0.2, -0.15) is 13.2 Å². The third-order valence-corrected chi connectivity index (χ3v) is 3.47. The predicted octanol–water partition coefficient (Wildman–Crippen LogP) is 3.76. The van der Waals surface area contributed by atoms with Gasteiger partial charge in [-0.25, -0.2) is 4.79 Å². The first kappa shape index (κ1) is 18.5. The zero-order valence-corrected chi connectivity index (χ0v) is 13.4. The van der Waals surface area contributed by atoms with Crippen LogP contribution in [0.2, 0.25) is 0 Å². The number of hydrogen-bond donors (Lipinski definition) is 0. The molecule has 0 bridgehead atoms. The van der Waals surface area contributed by atoms with Crippen LogP contribution in [0.15, 0.2) is 24.3 Å². The zero-order chi connectivity index (χ0) is 17.7. The van der Waals surface area contributed by atoms with Crippen molar-refractivity contribution in [2.45, 2.75) is 32.2 Å². The van der Waals surface area contributed by atoms with Crippen molar-refractivity contribution >= 4 is 12.0 Å². The van der Waals surface area contributed by atoms with Gasteiger partial charge in [-0.3, -0.25) is 0 Å². The molecule has 7 heteroatoms. The van der Waals surface area contributed by atoms with Crippen LogP contribution in [-0.4, -0.2) is 31.9 Å². The lowest BCUT2D eigenvalue weighted by molar-refractivity contribution is -0.138. The Balaban J connectivity index is 2.24. The van der Waals surface area contributed by atoms with Crippen molar-refractivity contribution in [3.05, 3.63) is 41.0 Å². The number of benzene rings is 1. The van der Waals surface area contributed by atoms with Crippen molar-refractivity contribution in [1.82, 2.24) is 0 Å². The van der Waals surface area contributed by atoms with Gasteiger partial charge in [-0.05, 0) is 43.2 Å². The molecule has 1 aromatic rings. The molecule has 0 spiro atoms. The molecule has 0 aromatic heterocycles. The molecular formula is C17H19F3O4. The summed E-state index contributed by atoms with van der Waals surface area (Å²) in [5, 5.41) is 0. The van der Waals surface area contributed by atoms with Crippen molar-refractivity contribution in [1.29, 1.82) is 0 Å². The predicted molar refractivity (Wildman–Crippen MR) is 81.2 cm³/mol. The number of esters is 1. The summed E-state index contributed by atoms with van der Waals surface area (Å²) in [5.74, 6) is -0.610. The minimum Gasteiger partial charge on any atom is -0.463 e. The van der Waals surface area contributed by atoms with Crippen LogP contribution in [0.3, 0.4) is 0 Å². The lowest BCUT2D eigenvalue weighted by Crippen LogP contribution is -2.10. The topological polar surface area (TPSA) is 48.1 Å². The highest BCUT2D eigenvalue weighted by molar-refractivity contribution is 5.87. The Labute approximate surface area is 138 Å². The molecule has 0 amide bonds. The molecule has 0 saturated carbocycles. The summed E-state index contributed by atoms with van der Waals surface area (Å²) < 4.78 is 54.2. The Kier molecular flexibility index (Phi) is 6.01. The van der Waals surface area contributed by atoms with Crippen LogP contribution in [0, 0.1) is 0 Å². The highest BCUT2D eigenvalue weighted by Crippen LogP contribution is 2.33. The quantitative estimate of drug-likeness (QED) is 0.429. The molecule has 24 heavy (non-hydrogen) atoms. The molecule has 1 aliphatic heterocycles. The first-order valence-electron chi connectivity index (χ1n) is 7.60. The Hall–Kier alpha value is -1.86. The van der Waals surface area contributed by atoms with Gasteiger partial charge in [0.15, 0.2) is 0 Å². The maximum Gasteiger partial charge on any atom is 0.416 e. The highest BCUT2D eigenvalue weighted by atomic mass is 19.4. The van der Waals surface area contributed by atoms with Crippen LogP contribution in [0.5, 0.6) is 0 Å². The molecule has 0 radical (unpaired) electrons. The average molecular weight is 344 g/mol. The van der Waals surface area contributed by atoms with E-state index in [-0.39, 0.29) is 18.3 Å². The van der Waals surface area contributed by atoms with Gasteiger partial charge in [-0.1, -0.05) is 6.07 Å². The molecule has 132 valence electrons. The van der Waals surface area contributed by atoms with Crippen molar-refractivity contribution in [2.24, 2.45) is 0 Å². The first-order valence-corrected chi connectivity index (χ1v) is 7.60. The van der Waals surface area contributed by atoms with Crippen LogP contribution >= 0.6 is 0 Å². The van der Waals surface area contributed by atoms with Gasteiger partial charge in [0.25, 0.3) is 0 Å². The smallest absolute Gasteiger partial charge is 0.416 e. The third kappa shape index (κ3) is 5.35. The maximum absolute atomic E-state index is 12.9. The van der Waals surface area contributed by atoms with Gasteiger partial charge >= 0.3 is 12.1 Å². The molecule has 1 unspecified atom stereocenters. The molecule has 1 aromatic carbocycles. The summed E-state index contributed by atoms with van der Waals surface area (Å²) in [4.78, 5) is 11.4. The van der Waals surface area contributed by atoms with Crippen molar-refractivity contribution in [2.75, 3.05) is 19.8 Å². The first-order chi connectivity index (χ1) is 11.3. The van der Waals surface area contributed by atoms with Gasteiger partial charge in [0.05, 0.1) is 31.5 Å². The average Bonchev–Trinajstić information content (AvgIpc) is 3.34. The highest BCUT2D eigenvalue weighted by Gasteiger charge is 2.31. The van der Waals surface area contributed by atoms with E-state index in [1.807, 2.05) is 0 Å². The molecule has 1 heterocycles. The van der Waals surface area contributed by atoms with Gasteiger partial charge < -0.3 is 14.2 Å². The largest absolute Gasteiger partial charge is 0.463 e. The number of hydrogen-bond acceptors (Lipinski definition) is 4. The summed E-state index contributed by atoms with van der Waals surface area (Å²) >= 11 is 0. The normalized spacial score (nSPS) is 18.6. The van der Waals surface area contributed by atoms with E-state index < -0.39 is 23.8 Å². The number of halogens is 3. The van der Waals surface area contributed by atoms with E-state index in [2.05, 4.69) is 0 Å². The van der Waals surface area contributed by atoms with Crippen LogP contribution in [0.1, 0.15) is 36.6 Å². The number of alkyl halides is 3. The van der Waals surface area contributed by atoms with Gasteiger partial charge in [0, 0.05) is 6.08 Å². The summed E-state index contributed by atoms with van der Waals surface area (Å²) in [6.07, 6.45) is -2.41. The van der Waals surface area contributed by atoms with Crippen molar-refractivity contribution in [3.8, 4) is 0 Å². The molecule has 1 fully saturated rings. The Bertz CT molecular complexity index is 606. The summed E-state index contributed by atoms with van der Waals surface area (Å²) in [6, 6.07) is 3.37. The van der Waals surface area contributed by atoms with E-state index in [1.54, 1.807) is 13.8 Å². The fourth-order valence-electron chi connectivity index (χ4n) is 2.12. The molecule has 0 N–H and O–H groups in total. The van der Waals surface area contributed by atoms with Crippen molar-refractivity contribution in [3.63, 3.8) is 0 Å². The third-order valence-electron chi connectivity index (χ3n) is 3.47. The molecular weight excluding hydrogens is 325 g/mol. The SMILES string of the molecule is CCOC(=O)/C=C/c1cc(C(F)(F)F)ccc1[C@@H](C)OCC1CO1.